The molecule has 0 radical (unpaired) electrons. The number of rotatable bonds is 9. The van der Waals surface area contributed by atoms with E-state index in [-0.39, 0.29) is 24.5 Å². The minimum absolute atomic E-state index is 0.00220. The zero-order valence-electron chi connectivity index (χ0n) is 18.6. The lowest BCUT2D eigenvalue weighted by Crippen LogP contribution is -2.31. The molecule has 2 aromatic rings. The minimum Gasteiger partial charge on any atom is -0.446 e. The van der Waals surface area contributed by atoms with Crippen molar-refractivity contribution in [2.24, 2.45) is 5.92 Å². The quantitative estimate of drug-likeness (QED) is 0.411. The molecule has 0 spiro atoms. The van der Waals surface area contributed by atoms with Gasteiger partial charge in [-0.25, -0.2) is 4.79 Å². The number of carbonyl (C=O) groups is 2. The molecule has 2 atom stereocenters. The van der Waals surface area contributed by atoms with E-state index in [4.69, 9.17) is 15.7 Å². The largest absolute Gasteiger partial charge is 0.446 e. The highest BCUT2D eigenvalue weighted by Gasteiger charge is 2.28. The van der Waals surface area contributed by atoms with Crippen molar-refractivity contribution in [3.63, 3.8) is 0 Å². The number of hydrogen-bond acceptors (Lipinski definition) is 6. The molecule has 0 bridgehead atoms. The van der Waals surface area contributed by atoms with Crippen molar-refractivity contribution >= 4 is 28.3 Å². The topological polar surface area (TPSA) is 93.5 Å². The van der Waals surface area contributed by atoms with Crippen LogP contribution >= 0.6 is 11.3 Å². The molecular weight excluding hydrogens is 438 g/mol. The molecule has 7 nitrogen and oxygen atoms in total. The third-order valence-corrected chi connectivity index (χ3v) is 6.57. The number of hydrogen-bond donors (Lipinski definition) is 2. The lowest BCUT2D eigenvalue weighted by atomic mass is 9.93. The Labute approximate surface area is 197 Å². The van der Waals surface area contributed by atoms with Gasteiger partial charge >= 0.3 is 6.09 Å². The predicted octanol–water partition coefficient (Wildman–Crippen LogP) is 4.76. The number of nitrogens with one attached hydrogen (secondary N) is 2. The lowest BCUT2D eigenvalue weighted by Gasteiger charge is -2.22. The van der Waals surface area contributed by atoms with E-state index in [0.717, 1.165) is 21.6 Å². The summed E-state index contributed by atoms with van der Waals surface area (Å²) in [6.45, 7) is 9.67. The van der Waals surface area contributed by atoms with Gasteiger partial charge in [0.2, 0.25) is 5.91 Å². The number of nitrogens with zero attached hydrogens (tertiary/aromatic N) is 1. The molecule has 33 heavy (non-hydrogen) atoms. The number of carbonyl (C=O) groups excluding carboxylic acids is 2. The SMILES string of the molecule is C#Cc1c(NC(=O)CC(C)/C(C=C)=C/C=C)sc2c1CCC(OC(=O)NCc1ccno1)C2. The van der Waals surface area contributed by atoms with Crippen molar-refractivity contribution in [1.29, 1.82) is 0 Å². The van der Waals surface area contributed by atoms with Crippen LogP contribution in [0.4, 0.5) is 9.80 Å². The Kier molecular flexibility index (Phi) is 8.28. The molecule has 172 valence electrons. The predicted molar refractivity (Wildman–Crippen MR) is 129 cm³/mol. The smallest absolute Gasteiger partial charge is 0.407 e. The van der Waals surface area contributed by atoms with Gasteiger partial charge in [0.15, 0.2) is 5.76 Å². The average Bonchev–Trinajstić information content (AvgIpc) is 3.42. The summed E-state index contributed by atoms with van der Waals surface area (Å²) in [7, 11) is 0. The van der Waals surface area contributed by atoms with Crippen molar-refractivity contribution in [1.82, 2.24) is 10.5 Å². The zero-order chi connectivity index (χ0) is 23.8. The van der Waals surface area contributed by atoms with E-state index in [1.807, 2.05) is 13.0 Å². The summed E-state index contributed by atoms with van der Waals surface area (Å²) in [6, 6.07) is 1.67. The fraction of sp³-hybridized carbons (Fsp3) is 0.320. The molecule has 0 aliphatic heterocycles. The van der Waals surface area contributed by atoms with E-state index < -0.39 is 6.09 Å². The summed E-state index contributed by atoms with van der Waals surface area (Å²) in [4.78, 5) is 25.8. The summed E-state index contributed by atoms with van der Waals surface area (Å²) >= 11 is 1.45. The van der Waals surface area contributed by atoms with Gasteiger partial charge in [-0.05, 0) is 29.9 Å². The molecule has 2 aromatic heterocycles. The summed E-state index contributed by atoms with van der Waals surface area (Å²) in [6.07, 6.45) is 14.0. The monoisotopic (exact) mass is 465 g/mol. The number of anilines is 1. The Morgan fingerprint density at radius 2 is 2.30 bits per heavy atom. The molecular formula is C25H27N3O4S. The summed E-state index contributed by atoms with van der Waals surface area (Å²) in [5.41, 5.74) is 2.71. The molecule has 0 saturated carbocycles. The van der Waals surface area contributed by atoms with Gasteiger partial charge in [-0.3, -0.25) is 4.79 Å². The zero-order valence-corrected chi connectivity index (χ0v) is 19.4. The van der Waals surface area contributed by atoms with Crippen molar-refractivity contribution in [2.45, 2.75) is 45.3 Å². The Balaban J connectivity index is 1.60. The third kappa shape index (κ3) is 6.24. The molecule has 3 rings (SSSR count). The molecule has 2 heterocycles. The Morgan fingerprint density at radius 1 is 1.48 bits per heavy atom. The number of thiophene rings is 1. The molecule has 1 aliphatic carbocycles. The van der Waals surface area contributed by atoms with Gasteiger partial charge in [0.25, 0.3) is 0 Å². The van der Waals surface area contributed by atoms with Gasteiger partial charge in [-0.1, -0.05) is 49.4 Å². The maximum atomic E-state index is 12.7. The Bertz CT molecular complexity index is 1090. The van der Waals surface area contributed by atoms with Crippen LogP contribution in [0.15, 0.2) is 53.7 Å². The van der Waals surface area contributed by atoms with E-state index in [0.29, 0.717) is 36.4 Å². The van der Waals surface area contributed by atoms with E-state index in [1.165, 1.54) is 17.5 Å². The van der Waals surface area contributed by atoms with Crippen molar-refractivity contribution < 1.29 is 18.8 Å². The first kappa shape index (κ1) is 24.1. The van der Waals surface area contributed by atoms with Crippen LogP contribution in [0.25, 0.3) is 0 Å². The van der Waals surface area contributed by atoms with Crippen LogP contribution in [-0.4, -0.2) is 23.3 Å². The first-order valence-corrected chi connectivity index (χ1v) is 11.5. The molecule has 2 amide bonds. The van der Waals surface area contributed by atoms with Crippen molar-refractivity contribution in [3.05, 3.63) is 71.0 Å². The maximum Gasteiger partial charge on any atom is 0.407 e. The molecule has 8 heteroatoms. The second-order valence-electron chi connectivity index (χ2n) is 7.71. The number of aromatic nitrogens is 1. The summed E-state index contributed by atoms with van der Waals surface area (Å²) < 4.78 is 10.5. The van der Waals surface area contributed by atoms with Gasteiger partial charge in [-0.15, -0.1) is 17.8 Å². The summed E-state index contributed by atoms with van der Waals surface area (Å²) in [5, 5.41) is 9.89. The molecule has 2 unspecified atom stereocenters. The second-order valence-corrected chi connectivity index (χ2v) is 8.82. The third-order valence-electron chi connectivity index (χ3n) is 5.40. The van der Waals surface area contributed by atoms with E-state index >= 15 is 0 Å². The molecule has 0 saturated heterocycles. The average molecular weight is 466 g/mol. The Hall–Kier alpha value is -3.57. The van der Waals surface area contributed by atoms with E-state index in [2.05, 4.69) is 34.9 Å². The van der Waals surface area contributed by atoms with Crippen LogP contribution in [0.5, 0.6) is 0 Å². The molecule has 0 fully saturated rings. The molecule has 2 N–H and O–H groups in total. The van der Waals surface area contributed by atoms with Crippen LogP contribution in [-0.2, 0) is 28.9 Å². The highest BCUT2D eigenvalue weighted by atomic mass is 32.1. The number of ether oxygens (including phenoxy) is 1. The first-order chi connectivity index (χ1) is 15.9. The van der Waals surface area contributed by atoms with Gasteiger partial charge in [0, 0.05) is 23.8 Å². The highest BCUT2D eigenvalue weighted by Crippen LogP contribution is 2.38. The van der Waals surface area contributed by atoms with E-state index in [9.17, 15) is 9.59 Å². The standard InChI is InChI=1S/C25H27N3O4S/c1-5-8-17(6-2)16(4)13-23(29)28-24-20(7-3)21-10-9-18(14-22(21)33-24)31-25(30)26-15-19-11-12-27-32-19/h3,5-6,8,11-12,16,18H,1-2,9-10,13-15H2,4H3,(H,26,30)(H,28,29)/b17-8+. The van der Waals surface area contributed by atoms with Gasteiger partial charge in [-0.2, -0.15) is 0 Å². The number of alkyl carbamates (subject to hydrolysis) is 1. The van der Waals surface area contributed by atoms with Crippen LogP contribution < -0.4 is 10.6 Å². The minimum atomic E-state index is -0.512. The fourth-order valence-corrected chi connectivity index (χ4v) is 5.02. The van der Waals surface area contributed by atoms with Gasteiger partial charge < -0.3 is 19.9 Å². The second kappa shape index (κ2) is 11.3. The van der Waals surface area contributed by atoms with Crippen LogP contribution in [0, 0.1) is 18.3 Å². The van der Waals surface area contributed by atoms with Crippen LogP contribution in [0.2, 0.25) is 0 Å². The first-order valence-electron chi connectivity index (χ1n) is 10.6. The van der Waals surface area contributed by atoms with Crippen LogP contribution in [0.1, 0.15) is 41.5 Å². The fourth-order valence-electron chi connectivity index (χ4n) is 3.73. The van der Waals surface area contributed by atoms with E-state index in [1.54, 1.807) is 18.2 Å². The maximum absolute atomic E-state index is 12.7. The molecule has 1 aliphatic rings. The highest BCUT2D eigenvalue weighted by molar-refractivity contribution is 7.16. The number of terminal acetylenes is 1. The number of allylic oxidation sites excluding steroid dienone is 4. The van der Waals surface area contributed by atoms with Gasteiger partial charge in [0.1, 0.15) is 11.1 Å². The van der Waals surface area contributed by atoms with Gasteiger partial charge in [0.05, 0.1) is 18.3 Å². The van der Waals surface area contributed by atoms with Crippen LogP contribution in [0.3, 0.4) is 0 Å². The van der Waals surface area contributed by atoms with Crippen molar-refractivity contribution in [3.8, 4) is 12.3 Å². The molecule has 0 aromatic carbocycles. The number of fused-ring (bicyclic) bond motifs is 1. The normalized spacial score (nSPS) is 16.1. The lowest BCUT2D eigenvalue weighted by molar-refractivity contribution is -0.116. The summed E-state index contributed by atoms with van der Waals surface area (Å²) in [5.74, 6) is 3.15. The Morgan fingerprint density at radius 3 is 2.97 bits per heavy atom. The van der Waals surface area contributed by atoms with Crippen molar-refractivity contribution in [2.75, 3.05) is 5.32 Å². The number of amides is 2.